The molecular formula is C23H31N3O2. The third-order valence-electron chi connectivity index (χ3n) is 8.60. The van der Waals surface area contributed by atoms with Crippen molar-refractivity contribution < 1.29 is 9.53 Å². The Kier molecular flexibility index (Phi) is 4.08. The first-order valence-corrected chi connectivity index (χ1v) is 10.9. The smallest absolute Gasteiger partial charge is 0.302 e. The van der Waals surface area contributed by atoms with Gasteiger partial charge < -0.3 is 4.74 Å². The fourth-order valence-corrected chi connectivity index (χ4v) is 7.20. The lowest BCUT2D eigenvalue weighted by molar-refractivity contribution is -0.148. The Labute approximate surface area is 167 Å². The first kappa shape index (κ1) is 18.1. The van der Waals surface area contributed by atoms with Gasteiger partial charge in [0.25, 0.3) is 0 Å². The average molecular weight is 382 g/mol. The number of carbonyl (C=O) groups excluding carboxylic acids is 1. The molecule has 6 atom stereocenters. The minimum absolute atomic E-state index is 0.0781. The Morgan fingerprint density at radius 2 is 1.96 bits per heavy atom. The standard InChI is InChI=1S/C23H31N3O2/c1-15(27)28-17-8-10-22(2)16(14-17)4-5-18-19-6-7-21(26-13-12-24-25-26)23(19,3)11-9-20(18)22/h4,7,12-13,17-20H,5-6,8-11,14H2,1-3H3/t17-,18-,19-,20-,22-,23-/m0/s1. The number of ether oxygens (including phenoxy) is 1. The maximum Gasteiger partial charge on any atom is 0.302 e. The third kappa shape index (κ3) is 2.54. The molecule has 0 aromatic carbocycles. The number of hydrogen-bond acceptors (Lipinski definition) is 4. The second-order valence-corrected chi connectivity index (χ2v) is 9.86. The van der Waals surface area contributed by atoms with Crippen molar-refractivity contribution in [3.63, 3.8) is 0 Å². The van der Waals surface area contributed by atoms with E-state index in [2.05, 4.69) is 36.3 Å². The van der Waals surface area contributed by atoms with Crippen LogP contribution in [0.5, 0.6) is 0 Å². The minimum atomic E-state index is -0.144. The van der Waals surface area contributed by atoms with Gasteiger partial charge in [-0.25, -0.2) is 4.68 Å². The molecule has 2 saturated carbocycles. The predicted octanol–water partition coefficient (Wildman–Crippen LogP) is 4.62. The number of carbonyl (C=O) groups is 1. The van der Waals surface area contributed by atoms with E-state index in [-0.39, 0.29) is 22.9 Å². The van der Waals surface area contributed by atoms with Crippen molar-refractivity contribution in [1.82, 2.24) is 15.0 Å². The summed E-state index contributed by atoms with van der Waals surface area (Å²) in [5.74, 6) is 2.02. The van der Waals surface area contributed by atoms with Crippen LogP contribution in [0.3, 0.4) is 0 Å². The van der Waals surface area contributed by atoms with E-state index in [0.717, 1.165) is 37.5 Å². The lowest BCUT2D eigenvalue weighted by Crippen LogP contribution is -2.50. The molecule has 0 aliphatic heterocycles. The van der Waals surface area contributed by atoms with Gasteiger partial charge in [-0.15, -0.1) is 5.10 Å². The van der Waals surface area contributed by atoms with Crippen LogP contribution in [0, 0.1) is 28.6 Å². The first-order chi connectivity index (χ1) is 13.4. The van der Waals surface area contributed by atoms with Crippen molar-refractivity contribution in [2.75, 3.05) is 0 Å². The lowest BCUT2D eigenvalue weighted by atomic mass is 9.48. The maximum atomic E-state index is 11.4. The molecule has 1 aromatic rings. The summed E-state index contributed by atoms with van der Waals surface area (Å²) < 4.78 is 7.55. The Balaban J connectivity index is 1.41. The van der Waals surface area contributed by atoms with Crippen LogP contribution in [0.4, 0.5) is 0 Å². The van der Waals surface area contributed by atoms with Gasteiger partial charge in [0.1, 0.15) is 6.10 Å². The highest BCUT2D eigenvalue weighted by Gasteiger charge is 2.57. The van der Waals surface area contributed by atoms with Crippen LogP contribution < -0.4 is 0 Å². The van der Waals surface area contributed by atoms with Crippen molar-refractivity contribution in [2.24, 2.45) is 28.6 Å². The molecule has 2 fully saturated rings. The zero-order valence-corrected chi connectivity index (χ0v) is 17.2. The Morgan fingerprint density at radius 3 is 2.71 bits per heavy atom. The van der Waals surface area contributed by atoms with Gasteiger partial charge in [-0.1, -0.05) is 36.8 Å². The molecule has 1 heterocycles. The molecule has 5 nitrogen and oxygen atoms in total. The molecule has 0 amide bonds. The lowest BCUT2D eigenvalue weighted by Gasteiger charge is -2.57. The van der Waals surface area contributed by atoms with Crippen LogP contribution in [-0.4, -0.2) is 27.1 Å². The number of rotatable bonds is 2. The quantitative estimate of drug-likeness (QED) is 0.554. The number of hydrogen-bond donors (Lipinski definition) is 0. The summed E-state index contributed by atoms with van der Waals surface area (Å²) in [6, 6.07) is 0. The first-order valence-electron chi connectivity index (χ1n) is 10.9. The fourth-order valence-electron chi connectivity index (χ4n) is 7.20. The number of esters is 1. The summed E-state index contributed by atoms with van der Waals surface area (Å²) in [5, 5.41) is 8.33. The van der Waals surface area contributed by atoms with Gasteiger partial charge in [0.2, 0.25) is 0 Å². The van der Waals surface area contributed by atoms with E-state index in [1.54, 1.807) is 11.8 Å². The van der Waals surface area contributed by atoms with Gasteiger partial charge in [0.05, 0.1) is 12.4 Å². The molecule has 4 aliphatic rings. The number of allylic oxidation sites excluding steroid dienone is 3. The van der Waals surface area contributed by atoms with Crippen molar-refractivity contribution >= 4 is 11.7 Å². The summed E-state index contributed by atoms with van der Waals surface area (Å²) >= 11 is 0. The van der Waals surface area contributed by atoms with Crippen LogP contribution >= 0.6 is 0 Å². The second kappa shape index (κ2) is 6.30. The molecule has 0 N–H and O–H groups in total. The van der Waals surface area contributed by atoms with Crippen molar-refractivity contribution in [2.45, 2.75) is 71.8 Å². The van der Waals surface area contributed by atoms with Gasteiger partial charge in [-0.3, -0.25) is 4.79 Å². The molecule has 1 aromatic heterocycles. The van der Waals surface area contributed by atoms with Gasteiger partial charge >= 0.3 is 5.97 Å². The van der Waals surface area contributed by atoms with E-state index < -0.39 is 0 Å². The van der Waals surface area contributed by atoms with Gasteiger partial charge in [-0.05, 0) is 61.7 Å². The Morgan fingerprint density at radius 1 is 1.14 bits per heavy atom. The largest absolute Gasteiger partial charge is 0.462 e. The zero-order valence-electron chi connectivity index (χ0n) is 17.2. The van der Waals surface area contributed by atoms with Crippen LogP contribution in [0.15, 0.2) is 30.1 Å². The highest BCUT2D eigenvalue weighted by Crippen LogP contribution is 2.65. The summed E-state index contributed by atoms with van der Waals surface area (Å²) in [6.45, 7) is 6.47. The van der Waals surface area contributed by atoms with Gasteiger partial charge in [0, 0.05) is 24.5 Å². The Hall–Kier alpha value is -1.91. The highest BCUT2D eigenvalue weighted by atomic mass is 16.5. The summed E-state index contributed by atoms with van der Waals surface area (Å²) in [4.78, 5) is 11.4. The predicted molar refractivity (Wildman–Crippen MR) is 107 cm³/mol. The summed E-state index contributed by atoms with van der Waals surface area (Å²) in [6.07, 6.45) is 16.7. The van der Waals surface area contributed by atoms with Gasteiger partial charge in [-0.2, -0.15) is 0 Å². The van der Waals surface area contributed by atoms with E-state index in [4.69, 9.17) is 4.74 Å². The summed E-state index contributed by atoms with van der Waals surface area (Å²) in [7, 11) is 0. The third-order valence-corrected chi connectivity index (χ3v) is 8.60. The molecule has 0 unspecified atom stereocenters. The molecule has 5 rings (SSSR count). The average Bonchev–Trinajstić information content (AvgIpc) is 3.28. The second-order valence-electron chi connectivity index (χ2n) is 9.86. The van der Waals surface area contributed by atoms with Crippen molar-refractivity contribution in [3.05, 3.63) is 30.1 Å². The number of aromatic nitrogens is 3. The van der Waals surface area contributed by atoms with Crippen LogP contribution in [0.25, 0.3) is 5.70 Å². The van der Waals surface area contributed by atoms with Gasteiger partial charge in [0.15, 0.2) is 0 Å². The van der Waals surface area contributed by atoms with Crippen LogP contribution in [-0.2, 0) is 9.53 Å². The van der Waals surface area contributed by atoms with Crippen LogP contribution in [0.2, 0.25) is 0 Å². The molecule has 0 bridgehead atoms. The van der Waals surface area contributed by atoms with Crippen molar-refractivity contribution in [1.29, 1.82) is 0 Å². The topological polar surface area (TPSA) is 57.0 Å². The van der Waals surface area contributed by atoms with Crippen LogP contribution in [0.1, 0.15) is 65.7 Å². The number of nitrogens with zero attached hydrogens (tertiary/aromatic N) is 3. The molecule has 0 radical (unpaired) electrons. The van der Waals surface area contributed by atoms with E-state index in [0.29, 0.717) is 5.92 Å². The molecule has 0 spiro atoms. The minimum Gasteiger partial charge on any atom is -0.462 e. The van der Waals surface area contributed by atoms with E-state index in [1.807, 2.05) is 10.9 Å². The maximum absolute atomic E-state index is 11.4. The molecule has 28 heavy (non-hydrogen) atoms. The number of fused-ring (bicyclic) bond motifs is 5. The van der Waals surface area contributed by atoms with E-state index in [9.17, 15) is 4.79 Å². The zero-order chi connectivity index (χ0) is 19.5. The molecule has 4 aliphatic carbocycles. The van der Waals surface area contributed by atoms with E-state index >= 15 is 0 Å². The normalized spacial score (nSPS) is 42.0. The highest BCUT2D eigenvalue weighted by molar-refractivity contribution is 5.66. The summed E-state index contributed by atoms with van der Waals surface area (Å²) in [5.41, 5.74) is 3.38. The SMILES string of the molecule is CC(=O)O[C@H]1CC[C@@]2(C)C(=CC[C@@H]3[C@@H]2CC[C@]2(C)C(n4ccnn4)=CC[C@@H]32)C1. The van der Waals surface area contributed by atoms with Crippen molar-refractivity contribution in [3.8, 4) is 0 Å². The monoisotopic (exact) mass is 381 g/mol. The molecule has 0 saturated heterocycles. The fraction of sp³-hybridized carbons (Fsp3) is 0.696. The van der Waals surface area contributed by atoms with E-state index in [1.165, 1.54) is 31.9 Å². The Bertz CT molecular complexity index is 842. The molecular weight excluding hydrogens is 350 g/mol. The molecule has 150 valence electrons. The molecule has 5 heteroatoms.